The van der Waals surface area contributed by atoms with Gasteiger partial charge in [0, 0.05) is 19.6 Å². The van der Waals surface area contributed by atoms with Crippen molar-refractivity contribution in [3.8, 4) is 11.5 Å². The Bertz CT molecular complexity index is 782. The molecule has 1 amide bonds. The largest absolute Gasteiger partial charge is 0.489 e. The Hall–Kier alpha value is -2.24. The first-order valence-corrected chi connectivity index (χ1v) is 10.0. The maximum atomic E-state index is 12.2. The molecule has 0 saturated heterocycles. The summed E-state index contributed by atoms with van der Waals surface area (Å²) in [7, 11) is 0. The Kier molecular flexibility index (Phi) is 7.57. The van der Waals surface area contributed by atoms with Crippen LogP contribution in [-0.2, 0) is 16.0 Å². The summed E-state index contributed by atoms with van der Waals surface area (Å²) in [5, 5.41) is 3.40. The standard InChI is InChI=1S/C22H26ClNO4/c1-16(18-7-3-2-4-8-18)26-10-5-9-24-21(25)15-17-13-19(23)22-20(14-17)27-11-6-12-28-22/h2-4,7-8,13-14,16H,5-6,9-12,15H2,1H3,(H,24,25). The summed E-state index contributed by atoms with van der Waals surface area (Å²) < 4.78 is 17.1. The molecule has 5 nitrogen and oxygen atoms in total. The van der Waals surface area contributed by atoms with Crippen molar-refractivity contribution in [2.24, 2.45) is 0 Å². The molecule has 1 aliphatic rings. The number of halogens is 1. The molecule has 0 aromatic heterocycles. The third kappa shape index (κ3) is 5.88. The van der Waals surface area contributed by atoms with Crippen LogP contribution in [0.25, 0.3) is 0 Å². The van der Waals surface area contributed by atoms with Gasteiger partial charge >= 0.3 is 0 Å². The van der Waals surface area contributed by atoms with Crippen LogP contribution in [0.5, 0.6) is 11.5 Å². The van der Waals surface area contributed by atoms with Gasteiger partial charge in [-0.05, 0) is 36.6 Å². The van der Waals surface area contributed by atoms with E-state index in [1.807, 2.05) is 43.3 Å². The number of fused-ring (bicyclic) bond motifs is 1. The molecule has 1 aliphatic heterocycles. The monoisotopic (exact) mass is 403 g/mol. The molecule has 1 unspecified atom stereocenters. The van der Waals surface area contributed by atoms with Gasteiger partial charge in [-0.25, -0.2) is 0 Å². The zero-order valence-electron chi connectivity index (χ0n) is 16.1. The van der Waals surface area contributed by atoms with Crippen LogP contribution in [0.3, 0.4) is 0 Å². The van der Waals surface area contributed by atoms with Gasteiger partial charge in [0.15, 0.2) is 11.5 Å². The van der Waals surface area contributed by atoms with Crippen LogP contribution in [0.4, 0.5) is 0 Å². The molecule has 1 N–H and O–H groups in total. The number of hydrogen-bond donors (Lipinski definition) is 1. The molecule has 0 saturated carbocycles. The van der Waals surface area contributed by atoms with Crippen molar-refractivity contribution in [3.05, 3.63) is 58.6 Å². The van der Waals surface area contributed by atoms with Crippen LogP contribution in [-0.4, -0.2) is 32.3 Å². The Balaban J connectivity index is 1.40. The Morgan fingerprint density at radius 2 is 2.00 bits per heavy atom. The second-order valence-electron chi connectivity index (χ2n) is 6.76. The predicted molar refractivity (Wildman–Crippen MR) is 109 cm³/mol. The van der Waals surface area contributed by atoms with E-state index in [4.69, 9.17) is 25.8 Å². The first kappa shape index (κ1) is 20.5. The highest BCUT2D eigenvalue weighted by atomic mass is 35.5. The van der Waals surface area contributed by atoms with E-state index in [-0.39, 0.29) is 18.4 Å². The minimum atomic E-state index is -0.0540. The summed E-state index contributed by atoms with van der Waals surface area (Å²) in [6, 6.07) is 13.7. The molecule has 0 spiro atoms. The quantitative estimate of drug-likeness (QED) is 0.666. The highest BCUT2D eigenvalue weighted by Gasteiger charge is 2.16. The average molecular weight is 404 g/mol. The van der Waals surface area contributed by atoms with E-state index >= 15 is 0 Å². The first-order chi connectivity index (χ1) is 13.6. The lowest BCUT2D eigenvalue weighted by Crippen LogP contribution is -2.27. The van der Waals surface area contributed by atoms with Gasteiger partial charge in [0.05, 0.1) is 30.8 Å². The van der Waals surface area contributed by atoms with Gasteiger partial charge in [-0.1, -0.05) is 41.9 Å². The average Bonchev–Trinajstić information content (AvgIpc) is 2.94. The van der Waals surface area contributed by atoms with Gasteiger partial charge in [-0.3, -0.25) is 4.79 Å². The summed E-state index contributed by atoms with van der Waals surface area (Å²) in [4.78, 5) is 12.2. The third-order valence-electron chi connectivity index (χ3n) is 4.51. The highest BCUT2D eigenvalue weighted by molar-refractivity contribution is 6.32. The SMILES string of the molecule is CC(OCCCNC(=O)Cc1cc(Cl)c2c(c1)OCCCO2)c1ccccc1. The van der Waals surface area contributed by atoms with Gasteiger partial charge in [-0.2, -0.15) is 0 Å². The number of ether oxygens (including phenoxy) is 3. The first-order valence-electron chi connectivity index (χ1n) is 9.65. The number of carbonyl (C=O) groups excluding carboxylic acids is 1. The number of hydrogen-bond acceptors (Lipinski definition) is 4. The molecule has 1 atom stereocenters. The predicted octanol–water partition coefficient (Wildman–Crippen LogP) is 4.33. The van der Waals surface area contributed by atoms with Crippen LogP contribution in [0.15, 0.2) is 42.5 Å². The molecule has 6 heteroatoms. The molecular formula is C22H26ClNO4. The molecule has 28 heavy (non-hydrogen) atoms. The molecule has 2 aromatic rings. The van der Waals surface area contributed by atoms with Gasteiger partial charge in [0.2, 0.25) is 5.91 Å². The lowest BCUT2D eigenvalue weighted by Gasteiger charge is -2.14. The lowest BCUT2D eigenvalue weighted by atomic mass is 10.1. The van der Waals surface area contributed by atoms with E-state index in [0.29, 0.717) is 42.9 Å². The van der Waals surface area contributed by atoms with Crippen molar-refractivity contribution in [1.82, 2.24) is 5.32 Å². The van der Waals surface area contributed by atoms with E-state index in [1.54, 1.807) is 6.07 Å². The fourth-order valence-electron chi connectivity index (χ4n) is 3.01. The van der Waals surface area contributed by atoms with Crippen molar-refractivity contribution >= 4 is 17.5 Å². The zero-order valence-corrected chi connectivity index (χ0v) is 16.8. The molecule has 0 aliphatic carbocycles. The maximum absolute atomic E-state index is 12.2. The maximum Gasteiger partial charge on any atom is 0.224 e. The van der Waals surface area contributed by atoms with Gasteiger partial charge < -0.3 is 19.5 Å². The molecule has 0 bridgehead atoms. The number of rotatable bonds is 8. The Morgan fingerprint density at radius 3 is 2.82 bits per heavy atom. The summed E-state index contributed by atoms with van der Waals surface area (Å²) in [5.41, 5.74) is 1.96. The molecule has 150 valence electrons. The smallest absolute Gasteiger partial charge is 0.224 e. The van der Waals surface area contributed by atoms with Crippen molar-refractivity contribution < 1.29 is 19.0 Å². The van der Waals surface area contributed by atoms with Gasteiger partial charge in [-0.15, -0.1) is 0 Å². The molecule has 0 fully saturated rings. The van der Waals surface area contributed by atoms with Crippen LogP contribution < -0.4 is 14.8 Å². The van der Waals surface area contributed by atoms with E-state index in [2.05, 4.69) is 5.32 Å². The number of amides is 1. The van der Waals surface area contributed by atoms with Gasteiger partial charge in [0.1, 0.15) is 0 Å². The van der Waals surface area contributed by atoms with Crippen molar-refractivity contribution in [1.29, 1.82) is 0 Å². The van der Waals surface area contributed by atoms with Crippen LogP contribution >= 0.6 is 11.6 Å². The summed E-state index contributed by atoms with van der Waals surface area (Å²) in [6.45, 7) is 4.35. The normalized spacial score (nSPS) is 14.2. The summed E-state index contributed by atoms with van der Waals surface area (Å²) in [5.74, 6) is 1.12. The van der Waals surface area contributed by atoms with E-state index in [9.17, 15) is 4.79 Å². The summed E-state index contributed by atoms with van der Waals surface area (Å²) >= 11 is 6.28. The van der Waals surface area contributed by atoms with Crippen LogP contribution in [0.2, 0.25) is 5.02 Å². The van der Waals surface area contributed by atoms with Crippen molar-refractivity contribution in [2.45, 2.75) is 32.3 Å². The van der Waals surface area contributed by atoms with Crippen molar-refractivity contribution in [3.63, 3.8) is 0 Å². The number of benzene rings is 2. The minimum absolute atomic E-state index is 0.0424. The summed E-state index contributed by atoms with van der Waals surface area (Å²) in [6.07, 6.45) is 1.86. The lowest BCUT2D eigenvalue weighted by molar-refractivity contribution is -0.120. The second kappa shape index (κ2) is 10.3. The molecule has 3 rings (SSSR count). The fourth-order valence-corrected chi connectivity index (χ4v) is 3.30. The third-order valence-corrected chi connectivity index (χ3v) is 4.79. The molecule has 2 aromatic carbocycles. The Labute approximate surface area is 170 Å². The van der Waals surface area contributed by atoms with Crippen LogP contribution in [0.1, 0.15) is 37.0 Å². The Morgan fingerprint density at radius 1 is 1.21 bits per heavy atom. The number of nitrogens with one attached hydrogen (secondary N) is 1. The van der Waals surface area contributed by atoms with E-state index < -0.39 is 0 Å². The molecule has 1 heterocycles. The topological polar surface area (TPSA) is 56.8 Å². The molecular weight excluding hydrogens is 378 g/mol. The fraction of sp³-hybridized carbons (Fsp3) is 0.409. The number of carbonyl (C=O) groups is 1. The van der Waals surface area contributed by atoms with E-state index in [0.717, 1.165) is 24.0 Å². The highest BCUT2D eigenvalue weighted by Crippen LogP contribution is 2.38. The van der Waals surface area contributed by atoms with Crippen LogP contribution in [0, 0.1) is 0 Å². The minimum Gasteiger partial charge on any atom is -0.489 e. The van der Waals surface area contributed by atoms with Gasteiger partial charge in [0.25, 0.3) is 0 Å². The van der Waals surface area contributed by atoms with Crippen molar-refractivity contribution in [2.75, 3.05) is 26.4 Å². The second-order valence-corrected chi connectivity index (χ2v) is 7.17. The molecule has 0 radical (unpaired) electrons. The zero-order chi connectivity index (χ0) is 19.8. The van der Waals surface area contributed by atoms with E-state index in [1.165, 1.54) is 0 Å².